The zero-order valence-electron chi connectivity index (χ0n) is 16.4. The number of halogens is 6. The first kappa shape index (κ1) is 23.3. The van der Waals surface area contributed by atoms with Gasteiger partial charge in [-0.05, 0) is 48.9 Å². The van der Waals surface area contributed by atoms with Gasteiger partial charge in [-0.3, -0.25) is 0 Å². The zero-order chi connectivity index (χ0) is 23.5. The summed E-state index contributed by atoms with van der Waals surface area (Å²) in [6.45, 7) is 1.27. The van der Waals surface area contributed by atoms with Crippen molar-refractivity contribution in [1.29, 1.82) is 0 Å². The van der Waals surface area contributed by atoms with E-state index in [0.717, 1.165) is 12.1 Å². The SMILES string of the molecule is Cc1cc(NC(=O)NCc2c(F)cccc2F)ccc1Oc1ncc(C(F)(F)F)cc1Cl. The van der Waals surface area contributed by atoms with Crippen molar-refractivity contribution in [1.82, 2.24) is 10.3 Å². The van der Waals surface area contributed by atoms with Crippen molar-refractivity contribution in [3.05, 3.63) is 82.0 Å². The number of urea groups is 1. The first-order valence-corrected chi connectivity index (χ1v) is 9.41. The third kappa shape index (κ3) is 5.64. The normalized spacial score (nSPS) is 11.2. The highest BCUT2D eigenvalue weighted by molar-refractivity contribution is 6.31. The molecule has 0 bridgehead atoms. The van der Waals surface area contributed by atoms with Gasteiger partial charge in [0, 0.05) is 17.4 Å². The van der Waals surface area contributed by atoms with Gasteiger partial charge in [-0.2, -0.15) is 13.2 Å². The smallest absolute Gasteiger partial charge is 0.417 e. The number of ether oxygens (including phenoxy) is 1. The van der Waals surface area contributed by atoms with Gasteiger partial charge in [-0.25, -0.2) is 18.6 Å². The van der Waals surface area contributed by atoms with Crippen LogP contribution in [-0.4, -0.2) is 11.0 Å². The summed E-state index contributed by atoms with van der Waals surface area (Å²) < 4.78 is 70.9. The number of rotatable bonds is 5. The van der Waals surface area contributed by atoms with Gasteiger partial charge in [0.25, 0.3) is 0 Å². The van der Waals surface area contributed by atoms with E-state index in [-0.39, 0.29) is 28.8 Å². The molecule has 0 unspecified atom stereocenters. The second-order valence-electron chi connectivity index (χ2n) is 6.60. The highest BCUT2D eigenvalue weighted by Gasteiger charge is 2.31. The Morgan fingerprint density at radius 2 is 1.81 bits per heavy atom. The molecule has 5 nitrogen and oxygen atoms in total. The highest BCUT2D eigenvalue weighted by atomic mass is 35.5. The number of alkyl halides is 3. The van der Waals surface area contributed by atoms with Gasteiger partial charge in [0.1, 0.15) is 22.4 Å². The molecule has 32 heavy (non-hydrogen) atoms. The monoisotopic (exact) mass is 471 g/mol. The van der Waals surface area contributed by atoms with Crippen molar-refractivity contribution in [2.24, 2.45) is 0 Å². The summed E-state index contributed by atoms with van der Waals surface area (Å²) in [4.78, 5) is 15.6. The number of anilines is 1. The van der Waals surface area contributed by atoms with Gasteiger partial charge in [0.15, 0.2) is 0 Å². The Hall–Kier alpha value is -3.40. The number of amides is 2. The largest absolute Gasteiger partial charge is 0.437 e. The average Bonchev–Trinajstić information content (AvgIpc) is 2.70. The van der Waals surface area contributed by atoms with Crippen molar-refractivity contribution in [2.45, 2.75) is 19.6 Å². The molecule has 0 saturated carbocycles. The Balaban J connectivity index is 1.64. The summed E-state index contributed by atoms with van der Waals surface area (Å²) in [6.07, 6.45) is -3.98. The van der Waals surface area contributed by atoms with Crippen LogP contribution in [0.25, 0.3) is 0 Å². The molecule has 3 aromatic rings. The molecule has 1 aromatic heterocycles. The minimum Gasteiger partial charge on any atom is -0.437 e. The molecular weight excluding hydrogens is 457 g/mol. The second kappa shape index (κ2) is 9.39. The summed E-state index contributed by atoms with van der Waals surface area (Å²) >= 11 is 5.84. The van der Waals surface area contributed by atoms with Crippen LogP contribution >= 0.6 is 11.6 Å². The Morgan fingerprint density at radius 1 is 1.12 bits per heavy atom. The molecule has 168 valence electrons. The predicted octanol–water partition coefficient (Wildman–Crippen LogP) is 6.45. The van der Waals surface area contributed by atoms with Crippen molar-refractivity contribution < 1.29 is 31.5 Å². The van der Waals surface area contributed by atoms with Crippen LogP contribution in [-0.2, 0) is 12.7 Å². The fourth-order valence-electron chi connectivity index (χ4n) is 2.65. The highest BCUT2D eigenvalue weighted by Crippen LogP contribution is 2.35. The number of nitrogens with one attached hydrogen (secondary N) is 2. The topological polar surface area (TPSA) is 63.2 Å². The van der Waals surface area contributed by atoms with Crippen LogP contribution in [0.15, 0.2) is 48.7 Å². The summed E-state index contributed by atoms with van der Waals surface area (Å²) in [5.74, 6) is -1.52. The molecular formula is C21H15ClF5N3O2. The number of aryl methyl sites for hydroxylation is 1. The molecule has 2 amide bonds. The van der Waals surface area contributed by atoms with Gasteiger partial charge in [0.05, 0.1) is 12.1 Å². The van der Waals surface area contributed by atoms with Gasteiger partial charge in [-0.1, -0.05) is 17.7 Å². The molecule has 11 heteroatoms. The summed E-state index contributed by atoms with van der Waals surface area (Å²) in [7, 11) is 0. The molecule has 0 saturated heterocycles. The number of carbonyl (C=O) groups is 1. The third-order valence-electron chi connectivity index (χ3n) is 4.26. The van der Waals surface area contributed by atoms with Crippen LogP contribution in [0.3, 0.4) is 0 Å². The maximum absolute atomic E-state index is 13.6. The fourth-order valence-corrected chi connectivity index (χ4v) is 2.85. The molecule has 1 heterocycles. The number of hydrogen-bond acceptors (Lipinski definition) is 3. The fraction of sp³-hybridized carbons (Fsp3) is 0.143. The lowest BCUT2D eigenvalue weighted by Crippen LogP contribution is -2.29. The lowest BCUT2D eigenvalue weighted by atomic mass is 10.2. The summed E-state index contributed by atoms with van der Waals surface area (Å²) in [5, 5.41) is 4.53. The van der Waals surface area contributed by atoms with Crippen molar-refractivity contribution in [2.75, 3.05) is 5.32 Å². The Bertz CT molecular complexity index is 1130. The number of pyridine rings is 1. The Labute approximate surface area is 184 Å². The lowest BCUT2D eigenvalue weighted by molar-refractivity contribution is -0.137. The number of benzene rings is 2. The molecule has 0 aliphatic heterocycles. The van der Waals surface area contributed by atoms with E-state index in [1.807, 2.05) is 0 Å². The molecule has 2 N–H and O–H groups in total. The molecule has 3 rings (SSSR count). The molecule has 0 spiro atoms. The van der Waals surface area contributed by atoms with Gasteiger partial charge in [0.2, 0.25) is 5.88 Å². The minimum atomic E-state index is -4.59. The standard InChI is InChI=1S/C21H15ClF5N3O2/c1-11-7-13(30-20(31)29-10-14-16(23)3-2-4-17(14)24)5-6-18(11)32-19-15(22)8-12(9-28-19)21(25,26)27/h2-9H,10H2,1H3,(H2,29,30,31). The van der Waals surface area contributed by atoms with Gasteiger partial charge >= 0.3 is 12.2 Å². The van der Waals surface area contributed by atoms with Crippen molar-refractivity contribution in [3.8, 4) is 11.6 Å². The number of carbonyl (C=O) groups excluding carboxylic acids is 1. The molecule has 2 aromatic carbocycles. The van der Waals surface area contributed by atoms with Crippen LogP contribution in [0.4, 0.5) is 32.4 Å². The first-order valence-electron chi connectivity index (χ1n) is 9.03. The number of nitrogens with zero attached hydrogens (tertiary/aromatic N) is 1. The van der Waals surface area contributed by atoms with E-state index in [0.29, 0.717) is 23.5 Å². The van der Waals surface area contributed by atoms with E-state index >= 15 is 0 Å². The van der Waals surface area contributed by atoms with Crippen LogP contribution in [0.5, 0.6) is 11.6 Å². The summed E-state index contributed by atoms with van der Waals surface area (Å²) in [6, 6.07) is 7.83. The van der Waals surface area contributed by atoms with Crippen LogP contribution in [0.2, 0.25) is 5.02 Å². The second-order valence-corrected chi connectivity index (χ2v) is 7.01. The lowest BCUT2D eigenvalue weighted by Gasteiger charge is -2.13. The zero-order valence-corrected chi connectivity index (χ0v) is 17.1. The van der Waals surface area contributed by atoms with E-state index in [1.54, 1.807) is 6.92 Å². The first-order chi connectivity index (χ1) is 15.0. The maximum Gasteiger partial charge on any atom is 0.417 e. The molecule has 0 aliphatic carbocycles. The van der Waals surface area contributed by atoms with E-state index in [4.69, 9.17) is 16.3 Å². The van der Waals surface area contributed by atoms with E-state index in [1.165, 1.54) is 24.3 Å². The van der Waals surface area contributed by atoms with E-state index in [9.17, 15) is 26.7 Å². The van der Waals surface area contributed by atoms with Crippen molar-refractivity contribution >= 4 is 23.3 Å². The molecule has 0 atom stereocenters. The molecule has 0 radical (unpaired) electrons. The summed E-state index contributed by atoms with van der Waals surface area (Å²) in [5.41, 5.74) is -0.426. The third-order valence-corrected chi connectivity index (χ3v) is 4.53. The molecule has 0 aliphatic rings. The number of aromatic nitrogens is 1. The average molecular weight is 472 g/mol. The predicted molar refractivity (Wildman–Crippen MR) is 108 cm³/mol. The Kier molecular flexibility index (Phi) is 6.83. The van der Waals surface area contributed by atoms with Crippen molar-refractivity contribution in [3.63, 3.8) is 0 Å². The van der Waals surface area contributed by atoms with E-state index in [2.05, 4.69) is 15.6 Å². The maximum atomic E-state index is 13.6. The van der Waals surface area contributed by atoms with Crippen LogP contribution in [0.1, 0.15) is 16.7 Å². The van der Waals surface area contributed by atoms with Gasteiger partial charge in [-0.15, -0.1) is 0 Å². The number of hydrogen-bond donors (Lipinski definition) is 2. The van der Waals surface area contributed by atoms with Gasteiger partial charge < -0.3 is 15.4 Å². The quantitative estimate of drug-likeness (QED) is 0.420. The van der Waals surface area contributed by atoms with Crippen LogP contribution < -0.4 is 15.4 Å². The Morgan fingerprint density at radius 3 is 2.41 bits per heavy atom. The molecule has 0 fully saturated rings. The van der Waals surface area contributed by atoms with E-state index < -0.39 is 29.4 Å². The van der Waals surface area contributed by atoms with Crippen LogP contribution in [0, 0.1) is 18.6 Å². The minimum absolute atomic E-state index is 0.215.